The summed E-state index contributed by atoms with van der Waals surface area (Å²) in [5.74, 6) is -0.432. The number of aromatic nitrogens is 3. The number of carbonyl (C=O) groups is 2. The summed E-state index contributed by atoms with van der Waals surface area (Å²) in [6, 6.07) is 1.62. The Labute approximate surface area is 152 Å². The molecule has 9 heteroatoms. The van der Waals surface area contributed by atoms with Crippen LogP contribution in [0.5, 0.6) is 0 Å². The van der Waals surface area contributed by atoms with Crippen molar-refractivity contribution in [2.24, 2.45) is 5.41 Å². The second-order valence-corrected chi connectivity index (χ2v) is 7.49. The lowest BCUT2D eigenvalue weighted by Gasteiger charge is -2.29. The van der Waals surface area contributed by atoms with Gasteiger partial charge in [0.15, 0.2) is 11.3 Å². The van der Waals surface area contributed by atoms with Crippen molar-refractivity contribution in [1.82, 2.24) is 25.2 Å². The molecule has 132 valence electrons. The normalized spacial score (nSPS) is 22.3. The van der Waals surface area contributed by atoms with Gasteiger partial charge in [-0.2, -0.15) is 5.10 Å². The molecule has 1 atom stereocenters. The van der Waals surface area contributed by atoms with E-state index in [2.05, 4.69) is 36.6 Å². The van der Waals surface area contributed by atoms with Crippen LogP contribution in [0.15, 0.2) is 22.9 Å². The Balaban J connectivity index is 1.39. The van der Waals surface area contributed by atoms with E-state index in [1.165, 1.54) is 0 Å². The van der Waals surface area contributed by atoms with Gasteiger partial charge in [0, 0.05) is 24.9 Å². The number of hydrogen-bond acceptors (Lipinski definition) is 6. The molecular formula is C16H18BrN5O3. The van der Waals surface area contributed by atoms with Gasteiger partial charge in [-0.15, -0.1) is 0 Å². The second-order valence-electron chi connectivity index (χ2n) is 6.58. The summed E-state index contributed by atoms with van der Waals surface area (Å²) in [6.07, 6.45) is 5.35. The number of carbonyl (C=O) groups excluding carboxylic acids is 2. The van der Waals surface area contributed by atoms with Crippen molar-refractivity contribution in [3.63, 3.8) is 0 Å². The molecule has 2 aliphatic rings. The zero-order chi connectivity index (χ0) is 17.4. The summed E-state index contributed by atoms with van der Waals surface area (Å²) in [5, 5.41) is 10.3. The largest absolute Gasteiger partial charge is 0.460 e. The van der Waals surface area contributed by atoms with Gasteiger partial charge in [-0.3, -0.25) is 9.59 Å². The maximum absolute atomic E-state index is 12.3. The number of ether oxygens (including phenoxy) is 1. The molecule has 0 saturated carbocycles. The van der Waals surface area contributed by atoms with E-state index in [4.69, 9.17) is 4.74 Å². The van der Waals surface area contributed by atoms with Gasteiger partial charge in [-0.05, 0) is 41.9 Å². The number of piperidine rings is 1. The molecule has 2 aromatic heterocycles. The molecule has 2 saturated heterocycles. The smallest absolute Gasteiger partial charge is 0.312 e. The molecule has 1 spiro atoms. The highest BCUT2D eigenvalue weighted by atomic mass is 79.9. The van der Waals surface area contributed by atoms with Crippen molar-refractivity contribution < 1.29 is 14.3 Å². The number of nitrogens with zero attached hydrogens (tertiary/aromatic N) is 3. The highest BCUT2D eigenvalue weighted by Gasteiger charge is 2.49. The molecule has 2 fully saturated rings. The zero-order valence-electron chi connectivity index (χ0n) is 13.5. The van der Waals surface area contributed by atoms with Gasteiger partial charge in [0.25, 0.3) is 5.91 Å². The summed E-state index contributed by atoms with van der Waals surface area (Å²) in [5.41, 5.74) is 0.501. The van der Waals surface area contributed by atoms with Gasteiger partial charge >= 0.3 is 5.97 Å². The van der Waals surface area contributed by atoms with E-state index in [0.29, 0.717) is 18.6 Å². The molecule has 8 nitrogen and oxygen atoms in total. The van der Waals surface area contributed by atoms with Crippen LogP contribution >= 0.6 is 15.9 Å². The van der Waals surface area contributed by atoms with E-state index in [0.717, 1.165) is 30.4 Å². The first-order valence-electron chi connectivity index (χ1n) is 8.27. The topological polar surface area (TPSA) is 97.6 Å². The summed E-state index contributed by atoms with van der Waals surface area (Å²) in [6.45, 7) is 1.96. The molecule has 2 N–H and O–H groups in total. The molecule has 1 amide bonds. The number of nitrogens with one attached hydrogen (secondary N) is 2. The van der Waals surface area contributed by atoms with Gasteiger partial charge in [0.1, 0.15) is 6.10 Å². The summed E-state index contributed by atoms with van der Waals surface area (Å²) < 4.78 is 7.81. The molecule has 0 radical (unpaired) electrons. The van der Waals surface area contributed by atoms with Gasteiger partial charge < -0.3 is 15.4 Å². The second kappa shape index (κ2) is 6.38. The summed E-state index contributed by atoms with van der Waals surface area (Å²) in [4.78, 5) is 28.7. The van der Waals surface area contributed by atoms with E-state index in [-0.39, 0.29) is 29.1 Å². The molecule has 25 heavy (non-hydrogen) atoms. The van der Waals surface area contributed by atoms with E-state index in [1.807, 2.05) is 0 Å². The predicted octanol–water partition coefficient (Wildman–Crippen LogP) is 0.907. The number of hydrogen-bond donors (Lipinski definition) is 2. The van der Waals surface area contributed by atoms with Crippen LogP contribution in [0, 0.1) is 5.41 Å². The Morgan fingerprint density at radius 3 is 3.08 bits per heavy atom. The van der Waals surface area contributed by atoms with Gasteiger partial charge in [-0.25, -0.2) is 9.50 Å². The van der Waals surface area contributed by atoms with E-state index in [9.17, 15) is 9.59 Å². The van der Waals surface area contributed by atoms with E-state index in [1.54, 1.807) is 23.0 Å². The molecular weight excluding hydrogens is 390 g/mol. The van der Waals surface area contributed by atoms with Crippen LogP contribution in [-0.2, 0) is 9.53 Å². The third kappa shape index (κ3) is 3.13. The number of amides is 1. The zero-order valence-corrected chi connectivity index (χ0v) is 15.1. The SMILES string of the molecule is O=C(NCC1CC2(CCNCC2)C(=O)O1)c1cc2ncc(Br)cn2n1. The molecule has 4 heterocycles. The Morgan fingerprint density at radius 2 is 2.28 bits per heavy atom. The van der Waals surface area contributed by atoms with Crippen LogP contribution in [0.3, 0.4) is 0 Å². The van der Waals surface area contributed by atoms with Crippen molar-refractivity contribution >= 4 is 33.5 Å². The molecule has 1 unspecified atom stereocenters. The Kier molecular flexibility index (Phi) is 4.20. The minimum absolute atomic E-state index is 0.130. The van der Waals surface area contributed by atoms with Crippen LogP contribution in [0.4, 0.5) is 0 Å². The van der Waals surface area contributed by atoms with Crippen LogP contribution < -0.4 is 10.6 Å². The monoisotopic (exact) mass is 407 g/mol. The molecule has 4 rings (SSSR count). The van der Waals surface area contributed by atoms with Crippen LogP contribution in [0.1, 0.15) is 29.8 Å². The lowest BCUT2D eigenvalue weighted by Crippen LogP contribution is -2.39. The molecule has 0 bridgehead atoms. The Bertz CT molecular complexity index is 830. The Hall–Kier alpha value is -2.00. The standard InChI is InChI=1S/C16H18BrN5O3/c17-10-7-19-13-5-12(21-22(13)9-10)14(23)20-8-11-6-16(15(24)25-11)1-3-18-4-2-16/h5,7,9,11,18H,1-4,6,8H2,(H,20,23). The van der Waals surface area contributed by atoms with Crippen molar-refractivity contribution in [2.45, 2.75) is 25.4 Å². The van der Waals surface area contributed by atoms with Gasteiger partial charge in [-0.1, -0.05) is 0 Å². The quantitative estimate of drug-likeness (QED) is 0.733. The number of rotatable bonds is 3. The number of fused-ring (bicyclic) bond motifs is 1. The summed E-state index contributed by atoms with van der Waals surface area (Å²) >= 11 is 3.32. The third-order valence-electron chi connectivity index (χ3n) is 4.89. The summed E-state index contributed by atoms with van der Waals surface area (Å²) in [7, 11) is 0. The average molecular weight is 408 g/mol. The number of cyclic esters (lactones) is 1. The van der Waals surface area contributed by atoms with Gasteiger partial charge in [0.2, 0.25) is 0 Å². The van der Waals surface area contributed by atoms with Crippen molar-refractivity contribution in [3.05, 3.63) is 28.6 Å². The van der Waals surface area contributed by atoms with Crippen molar-refractivity contribution in [1.29, 1.82) is 0 Å². The van der Waals surface area contributed by atoms with Crippen molar-refractivity contribution in [3.8, 4) is 0 Å². The average Bonchev–Trinajstić information content (AvgIpc) is 3.15. The molecule has 0 aliphatic carbocycles. The number of esters is 1. The Morgan fingerprint density at radius 1 is 1.48 bits per heavy atom. The fraction of sp³-hybridized carbons (Fsp3) is 0.500. The maximum Gasteiger partial charge on any atom is 0.312 e. The lowest BCUT2D eigenvalue weighted by atomic mass is 9.76. The van der Waals surface area contributed by atoms with E-state index < -0.39 is 0 Å². The highest BCUT2D eigenvalue weighted by Crippen LogP contribution is 2.41. The van der Waals surface area contributed by atoms with E-state index >= 15 is 0 Å². The van der Waals surface area contributed by atoms with Crippen LogP contribution in [0.2, 0.25) is 0 Å². The fourth-order valence-corrected chi connectivity index (χ4v) is 3.82. The highest BCUT2D eigenvalue weighted by molar-refractivity contribution is 9.10. The minimum Gasteiger partial charge on any atom is -0.460 e. The number of halogens is 1. The minimum atomic E-state index is -0.375. The molecule has 0 aromatic carbocycles. The lowest BCUT2D eigenvalue weighted by molar-refractivity contribution is -0.149. The maximum atomic E-state index is 12.3. The third-order valence-corrected chi connectivity index (χ3v) is 5.30. The first-order chi connectivity index (χ1) is 12.1. The van der Waals surface area contributed by atoms with Crippen LogP contribution in [-0.4, -0.2) is 52.2 Å². The first kappa shape index (κ1) is 16.5. The fourth-order valence-electron chi connectivity index (χ4n) is 3.53. The molecule has 2 aromatic rings. The van der Waals surface area contributed by atoms with Crippen molar-refractivity contribution in [2.75, 3.05) is 19.6 Å². The van der Waals surface area contributed by atoms with Gasteiger partial charge in [0.05, 0.1) is 16.4 Å². The van der Waals surface area contributed by atoms with Crippen LogP contribution in [0.25, 0.3) is 5.65 Å². The first-order valence-corrected chi connectivity index (χ1v) is 9.06. The predicted molar refractivity (Wildman–Crippen MR) is 92.1 cm³/mol. The molecule has 2 aliphatic heterocycles.